The highest BCUT2D eigenvalue weighted by molar-refractivity contribution is 6.26. The Kier molecular flexibility index (Phi) is 1.33. The van der Waals surface area contributed by atoms with Crippen molar-refractivity contribution in [2.45, 2.75) is 5.72 Å². The maximum Gasteiger partial charge on any atom is 0.373 e. The lowest BCUT2D eigenvalue weighted by atomic mass is 10.1. The van der Waals surface area contributed by atoms with Crippen LogP contribution < -0.4 is 5.06 Å². The van der Waals surface area contributed by atoms with Crippen LogP contribution in [-0.4, -0.2) is 24.6 Å². The Morgan fingerprint density at radius 1 is 1.47 bits per heavy atom. The predicted molar refractivity (Wildman–Crippen MR) is 49.1 cm³/mol. The van der Waals surface area contributed by atoms with Gasteiger partial charge in [0.1, 0.15) is 0 Å². The number of rotatable bonds is 1. The number of hydrogen-bond acceptors (Lipinski definition) is 5. The predicted octanol–water partition coefficient (Wildman–Crippen LogP) is 0.504. The molecule has 0 aliphatic carbocycles. The fourth-order valence-corrected chi connectivity index (χ4v) is 1.84. The molecule has 1 aromatic rings. The smallest absolute Gasteiger partial charge is 0.373 e. The number of para-hydroxylation sites is 1. The number of fused-ring (bicyclic) bond motifs is 3. The number of hydrogen-bond donors (Lipinski definition) is 0. The summed E-state index contributed by atoms with van der Waals surface area (Å²) in [7, 11) is 1.23. The fourth-order valence-electron chi connectivity index (χ4n) is 1.84. The highest BCUT2D eigenvalue weighted by Gasteiger charge is 2.74. The molecular weight excluding hydrogens is 198 g/mol. The van der Waals surface area contributed by atoms with Crippen molar-refractivity contribution in [3.63, 3.8) is 0 Å². The summed E-state index contributed by atoms with van der Waals surface area (Å²) in [6.07, 6.45) is 0. The van der Waals surface area contributed by atoms with Crippen molar-refractivity contribution in [2.24, 2.45) is 0 Å². The molecule has 2 aliphatic heterocycles. The van der Waals surface area contributed by atoms with E-state index in [-0.39, 0.29) is 5.78 Å². The summed E-state index contributed by atoms with van der Waals surface area (Å²) in [5, 5.41) is 1.29. The molecule has 0 aromatic heterocycles. The van der Waals surface area contributed by atoms with Crippen LogP contribution in [0.4, 0.5) is 5.69 Å². The van der Waals surface area contributed by atoms with E-state index in [2.05, 4.69) is 4.74 Å². The van der Waals surface area contributed by atoms with Crippen molar-refractivity contribution in [3.8, 4) is 0 Å². The normalized spacial score (nSPS) is 25.9. The van der Waals surface area contributed by atoms with Crippen LogP contribution in [0.3, 0.4) is 0 Å². The van der Waals surface area contributed by atoms with Crippen LogP contribution >= 0.6 is 0 Å². The van der Waals surface area contributed by atoms with E-state index in [0.717, 1.165) is 0 Å². The monoisotopic (exact) mass is 205 g/mol. The van der Waals surface area contributed by atoms with E-state index >= 15 is 0 Å². The van der Waals surface area contributed by atoms with Crippen molar-refractivity contribution in [3.05, 3.63) is 29.8 Å². The zero-order chi connectivity index (χ0) is 10.6. The Labute approximate surface area is 85.1 Å². The van der Waals surface area contributed by atoms with Gasteiger partial charge < -0.3 is 4.74 Å². The number of Topliss-reactive ketones (excluding diaryl/α,β-unsaturated/α-hetero) is 1. The number of anilines is 1. The molecule has 0 unspecified atom stereocenters. The van der Waals surface area contributed by atoms with Gasteiger partial charge in [0.05, 0.1) is 12.8 Å². The molecule has 76 valence electrons. The fraction of sp³-hybridized carbons (Fsp3) is 0.200. The van der Waals surface area contributed by atoms with E-state index in [1.54, 1.807) is 24.3 Å². The van der Waals surface area contributed by atoms with Gasteiger partial charge in [0.25, 0.3) is 0 Å². The summed E-state index contributed by atoms with van der Waals surface area (Å²) in [5.41, 5.74) is -0.416. The molecule has 1 fully saturated rings. The number of ketones is 1. The third-order valence-electron chi connectivity index (χ3n) is 2.61. The van der Waals surface area contributed by atoms with Crippen LogP contribution in [0.25, 0.3) is 0 Å². The average Bonchev–Trinajstić information content (AvgIpc) is 2.98. The molecule has 1 atom stereocenters. The maximum absolute atomic E-state index is 11.9. The van der Waals surface area contributed by atoms with Crippen molar-refractivity contribution in [1.29, 1.82) is 0 Å². The standard InChI is InChI=1S/C10H7NO4/c1-14-9(13)10-8(12)6-4-2-3-5-7(6)11(10)15-10/h2-5H,1H3/t10-,11?/m1/s1. The second-order valence-corrected chi connectivity index (χ2v) is 3.37. The Morgan fingerprint density at radius 3 is 2.87 bits per heavy atom. The first kappa shape index (κ1) is 8.43. The summed E-state index contributed by atoms with van der Waals surface area (Å²) in [6, 6.07) is 6.91. The van der Waals surface area contributed by atoms with E-state index in [0.29, 0.717) is 11.3 Å². The van der Waals surface area contributed by atoms with Crippen molar-refractivity contribution in [1.82, 2.24) is 0 Å². The van der Waals surface area contributed by atoms with E-state index in [1.165, 1.54) is 12.2 Å². The van der Waals surface area contributed by atoms with Crippen LogP contribution in [0.5, 0.6) is 0 Å². The summed E-state index contributed by atoms with van der Waals surface area (Å²) < 4.78 is 4.55. The largest absolute Gasteiger partial charge is 0.465 e. The second kappa shape index (κ2) is 2.38. The molecule has 0 bridgehead atoms. The molecule has 2 heterocycles. The zero-order valence-electron chi connectivity index (χ0n) is 7.89. The molecule has 5 nitrogen and oxygen atoms in total. The number of hydroxylamine groups is 1. The molecule has 1 saturated heterocycles. The lowest BCUT2D eigenvalue weighted by Crippen LogP contribution is -2.35. The average molecular weight is 205 g/mol. The van der Waals surface area contributed by atoms with Crippen LogP contribution in [-0.2, 0) is 14.4 Å². The van der Waals surface area contributed by atoms with Gasteiger partial charge in [-0.1, -0.05) is 12.1 Å². The lowest BCUT2D eigenvalue weighted by Gasteiger charge is -2.00. The van der Waals surface area contributed by atoms with Gasteiger partial charge >= 0.3 is 11.7 Å². The first-order chi connectivity index (χ1) is 7.21. The van der Waals surface area contributed by atoms with Gasteiger partial charge in [0.2, 0.25) is 5.78 Å². The van der Waals surface area contributed by atoms with Gasteiger partial charge in [-0.2, -0.15) is 5.06 Å². The van der Waals surface area contributed by atoms with E-state index in [4.69, 9.17) is 4.84 Å². The van der Waals surface area contributed by atoms with Crippen LogP contribution in [0.2, 0.25) is 0 Å². The molecule has 3 rings (SSSR count). The van der Waals surface area contributed by atoms with E-state index in [9.17, 15) is 9.59 Å². The van der Waals surface area contributed by atoms with Crippen LogP contribution in [0, 0.1) is 0 Å². The highest BCUT2D eigenvalue weighted by atomic mass is 16.9. The number of methoxy groups -OCH3 is 1. The molecule has 5 heteroatoms. The molecule has 0 radical (unpaired) electrons. The van der Waals surface area contributed by atoms with E-state index < -0.39 is 11.7 Å². The van der Waals surface area contributed by atoms with Gasteiger partial charge in [-0.25, -0.2) is 9.63 Å². The molecule has 15 heavy (non-hydrogen) atoms. The third kappa shape index (κ3) is 0.771. The van der Waals surface area contributed by atoms with Gasteiger partial charge in [0.15, 0.2) is 0 Å². The highest BCUT2D eigenvalue weighted by Crippen LogP contribution is 2.51. The first-order valence-electron chi connectivity index (χ1n) is 4.43. The zero-order valence-corrected chi connectivity index (χ0v) is 7.89. The van der Waals surface area contributed by atoms with Crippen LogP contribution in [0.15, 0.2) is 24.3 Å². The minimum absolute atomic E-state index is 0.357. The Balaban J connectivity index is 2.12. The number of nitrogens with zero attached hydrogens (tertiary/aromatic N) is 1. The first-order valence-corrected chi connectivity index (χ1v) is 4.43. The van der Waals surface area contributed by atoms with Crippen LogP contribution in [0.1, 0.15) is 10.4 Å². The summed E-state index contributed by atoms with van der Waals surface area (Å²) in [4.78, 5) is 28.4. The topological polar surface area (TPSA) is 58.9 Å². The Bertz CT molecular complexity index is 484. The molecule has 2 aliphatic rings. The third-order valence-corrected chi connectivity index (χ3v) is 2.61. The Morgan fingerprint density at radius 2 is 2.20 bits per heavy atom. The van der Waals surface area contributed by atoms with Crippen molar-refractivity contribution < 1.29 is 19.2 Å². The van der Waals surface area contributed by atoms with Gasteiger partial charge in [-0.3, -0.25) is 4.79 Å². The van der Waals surface area contributed by atoms with Gasteiger partial charge in [-0.05, 0) is 12.1 Å². The number of esters is 1. The van der Waals surface area contributed by atoms with Gasteiger partial charge in [0, 0.05) is 5.56 Å². The number of benzene rings is 1. The Hall–Kier alpha value is -1.88. The molecule has 0 N–H and O–H groups in total. The quantitative estimate of drug-likeness (QED) is 0.379. The number of ether oxygens (including phenoxy) is 1. The molecule has 0 amide bonds. The molecular formula is C10H7NO4. The summed E-state index contributed by atoms with van der Waals surface area (Å²) >= 11 is 0. The minimum atomic E-state index is -1.53. The number of carbonyl (C=O) groups excluding carboxylic acids is 2. The summed E-state index contributed by atoms with van der Waals surface area (Å²) in [5.74, 6) is -1.03. The minimum Gasteiger partial charge on any atom is -0.465 e. The van der Waals surface area contributed by atoms with Gasteiger partial charge in [-0.15, -0.1) is 0 Å². The van der Waals surface area contributed by atoms with E-state index in [1.807, 2.05) is 0 Å². The number of carbonyl (C=O) groups is 2. The second-order valence-electron chi connectivity index (χ2n) is 3.37. The van der Waals surface area contributed by atoms with Crippen molar-refractivity contribution in [2.75, 3.05) is 12.2 Å². The lowest BCUT2D eigenvalue weighted by molar-refractivity contribution is -0.144. The summed E-state index contributed by atoms with van der Waals surface area (Å²) in [6.45, 7) is 0. The molecule has 1 aromatic carbocycles. The molecule has 0 spiro atoms. The SMILES string of the molecule is COC(=O)[C@@]12ON1c1ccccc1C2=O. The molecule has 0 saturated carbocycles. The van der Waals surface area contributed by atoms with Crippen molar-refractivity contribution >= 4 is 17.4 Å². The maximum atomic E-state index is 11.9.